The Morgan fingerprint density at radius 2 is 2.00 bits per heavy atom. The number of methoxy groups -OCH3 is 1. The lowest BCUT2D eigenvalue weighted by atomic mass is 10.1. The predicted molar refractivity (Wildman–Crippen MR) is 51.1 cm³/mol. The lowest BCUT2D eigenvalue weighted by molar-refractivity contribution is 0.411. The van der Waals surface area contributed by atoms with E-state index in [0.717, 1.165) is 5.56 Å². The van der Waals surface area contributed by atoms with Crippen LogP contribution in [-0.4, -0.2) is 7.11 Å². The zero-order valence-corrected chi connectivity index (χ0v) is 7.37. The molecule has 0 saturated heterocycles. The van der Waals surface area contributed by atoms with Crippen LogP contribution in [0.5, 0.6) is 5.75 Å². The number of nitrogens with two attached hydrogens (primary N) is 2. The molecule has 1 aromatic rings. The molecule has 0 amide bonds. The SMILES string of the molecule is COc1cc(N)c(N)cc1CC#N. The maximum Gasteiger partial charge on any atom is 0.125 e. The summed E-state index contributed by atoms with van der Waals surface area (Å²) in [6.07, 6.45) is 0.271. The topological polar surface area (TPSA) is 85.1 Å². The number of hydrogen-bond acceptors (Lipinski definition) is 4. The Balaban J connectivity index is 3.18. The molecule has 4 N–H and O–H groups in total. The summed E-state index contributed by atoms with van der Waals surface area (Å²) in [5, 5.41) is 8.52. The molecule has 0 atom stereocenters. The van der Waals surface area contributed by atoms with Gasteiger partial charge in [-0.05, 0) is 6.07 Å². The molecule has 0 aliphatic rings. The van der Waals surface area contributed by atoms with E-state index < -0.39 is 0 Å². The smallest absolute Gasteiger partial charge is 0.125 e. The predicted octanol–water partition coefficient (Wildman–Crippen LogP) is 0.926. The first kappa shape index (κ1) is 9.20. The maximum atomic E-state index is 8.52. The average molecular weight is 177 g/mol. The first-order valence-electron chi connectivity index (χ1n) is 3.78. The average Bonchev–Trinajstić information content (AvgIpc) is 2.11. The van der Waals surface area contributed by atoms with Crippen LogP contribution in [0.2, 0.25) is 0 Å². The number of hydrogen-bond donors (Lipinski definition) is 2. The largest absolute Gasteiger partial charge is 0.496 e. The van der Waals surface area contributed by atoms with E-state index in [2.05, 4.69) is 0 Å². The first-order chi connectivity index (χ1) is 6.19. The second kappa shape index (κ2) is 3.68. The van der Waals surface area contributed by atoms with E-state index in [4.69, 9.17) is 21.5 Å². The number of nitrogen functional groups attached to an aromatic ring is 2. The third-order valence-electron chi connectivity index (χ3n) is 1.76. The van der Waals surface area contributed by atoms with Gasteiger partial charge in [0.1, 0.15) is 5.75 Å². The highest BCUT2D eigenvalue weighted by Gasteiger charge is 2.05. The molecule has 0 saturated carbocycles. The van der Waals surface area contributed by atoms with Crippen molar-refractivity contribution < 1.29 is 4.74 Å². The van der Waals surface area contributed by atoms with Crippen LogP contribution in [-0.2, 0) is 6.42 Å². The zero-order chi connectivity index (χ0) is 9.84. The summed E-state index contributed by atoms with van der Waals surface area (Å²) in [4.78, 5) is 0. The number of nitriles is 1. The Labute approximate surface area is 76.7 Å². The summed E-state index contributed by atoms with van der Waals surface area (Å²) < 4.78 is 5.05. The molecule has 0 fully saturated rings. The zero-order valence-electron chi connectivity index (χ0n) is 7.37. The van der Waals surface area contributed by atoms with Gasteiger partial charge in [0.15, 0.2) is 0 Å². The van der Waals surface area contributed by atoms with Crippen LogP contribution < -0.4 is 16.2 Å². The fraction of sp³-hybridized carbons (Fsp3) is 0.222. The van der Waals surface area contributed by atoms with Gasteiger partial charge in [0, 0.05) is 11.6 Å². The van der Waals surface area contributed by atoms with Gasteiger partial charge in [-0.25, -0.2) is 0 Å². The quantitative estimate of drug-likeness (QED) is 0.658. The third kappa shape index (κ3) is 1.82. The van der Waals surface area contributed by atoms with Crippen molar-refractivity contribution in [3.8, 4) is 11.8 Å². The molecule has 0 heterocycles. The summed E-state index contributed by atoms with van der Waals surface area (Å²) >= 11 is 0. The molecular weight excluding hydrogens is 166 g/mol. The highest BCUT2D eigenvalue weighted by molar-refractivity contribution is 5.67. The standard InChI is InChI=1S/C9H11N3O/c1-13-9-5-8(12)7(11)4-6(9)2-3-10/h4-5H,2,11-12H2,1H3. The van der Waals surface area contributed by atoms with Crippen LogP contribution >= 0.6 is 0 Å². The molecule has 1 aromatic carbocycles. The molecule has 1 rings (SSSR count). The van der Waals surface area contributed by atoms with Crippen molar-refractivity contribution >= 4 is 11.4 Å². The van der Waals surface area contributed by atoms with Crippen LogP contribution in [0, 0.1) is 11.3 Å². The molecule has 0 radical (unpaired) electrons. The van der Waals surface area contributed by atoms with Crippen molar-refractivity contribution in [2.75, 3.05) is 18.6 Å². The Bertz CT molecular complexity index is 355. The minimum absolute atomic E-state index is 0.271. The molecule has 4 heteroatoms. The molecule has 0 spiro atoms. The van der Waals surface area contributed by atoms with Gasteiger partial charge in [0.05, 0.1) is 31.0 Å². The van der Waals surface area contributed by atoms with Crippen molar-refractivity contribution in [1.82, 2.24) is 0 Å². The summed E-state index contributed by atoms with van der Waals surface area (Å²) in [7, 11) is 1.53. The van der Waals surface area contributed by atoms with Gasteiger partial charge < -0.3 is 16.2 Å². The number of ether oxygens (including phenoxy) is 1. The van der Waals surface area contributed by atoms with E-state index in [1.54, 1.807) is 12.1 Å². The van der Waals surface area contributed by atoms with E-state index in [1.165, 1.54) is 7.11 Å². The van der Waals surface area contributed by atoms with Crippen molar-refractivity contribution in [3.05, 3.63) is 17.7 Å². The van der Waals surface area contributed by atoms with Crippen molar-refractivity contribution in [2.45, 2.75) is 6.42 Å². The fourth-order valence-corrected chi connectivity index (χ4v) is 1.07. The van der Waals surface area contributed by atoms with Gasteiger partial charge in [-0.2, -0.15) is 5.26 Å². The highest BCUT2D eigenvalue weighted by Crippen LogP contribution is 2.27. The summed E-state index contributed by atoms with van der Waals surface area (Å²) in [6, 6.07) is 5.32. The second-order valence-corrected chi connectivity index (χ2v) is 2.63. The minimum Gasteiger partial charge on any atom is -0.496 e. The van der Waals surface area contributed by atoms with Crippen LogP contribution in [0.1, 0.15) is 5.56 Å². The molecule has 68 valence electrons. The molecular formula is C9H11N3O. The maximum absolute atomic E-state index is 8.52. The minimum atomic E-state index is 0.271. The molecule has 0 aliphatic heterocycles. The lowest BCUT2D eigenvalue weighted by Crippen LogP contribution is -1.99. The van der Waals surface area contributed by atoms with Crippen molar-refractivity contribution in [2.24, 2.45) is 0 Å². The molecule has 13 heavy (non-hydrogen) atoms. The number of benzene rings is 1. The Kier molecular flexibility index (Phi) is 2.60. The highest BCUT2D eigenvalue weighted by atomic mass is 16.5. The molecule has 0 bridgehead atoms. The first-order valence-corrected chi connectivity index (χ1v) is 3.78. The van der Waals surface area contributed by atoms with E-state index in [0.29, 0.717) is 17.1 Å². The van der Waals surface area contributed by atoms with Crippen molar-refractivity contribution in [3.63, 3.8) is 0 Å². The Morgan fingerprint density at radius 3 is 2.54 bits per heavy atom. The van der Waals surface area contributed by atoms with Crippen molar-refractivity contribution in [1.29, 1.82) is 5.26 Å². The number of anilines is 2. The Hall–Kier alpha value is -1.89. The molecule has 0 aliphatic carbocycles. The van der Waals surface area contributed by atoms with Gasteiger partial charge >= 0.3 is 0 Å². The monoisotopic (exact) mass is 177 g/mol. The van der Waals surface area contributed by atoms with E-state index in [-0.39, 0.29) is 6.42 Å². The third-order valence-corrected chi connectivity index (χ3v) is 1.76. The van der Waals surface area contributed by atoms with E-state index in [1.807, 2.05) is 6.07 Å². The van der Waals surface area contributed by atoms with E-state index >= 15 is 0 Å². The van der Waals surface area contributed by atoms with Crippen LogP contribution in [0.4, 0.5) is 11.4 Å². The Morgan fingerprint density at radius 1 is 1.38 bits per heavy atom. The summed E-state index contributed by atoms with van der Waals surface area (Å²) in [6.45, 7) is 0. The lowest BCUT2D eigenvalue weighted by Gasteiger charge is -2.08. The fourth-order valence-electron chi connectivity index (χ4n) is 1.07. The number of rotatable bonds is 2. The van der Waals surface area contributed by atoms with Crippen LogP contribution in [0.3, 0.4) is 0 Å². The molecule has 0 aromatic heterocycles. The van der Waals surface area contributed by atoms with Gasteiger partial charge in [0.2, 0.25) is 0 Å². The normalized spacial score (nSPS) is 9.23. The summed E-state index contributed by atoms with van der Waals surface area (Å²) in [5.41, 5.74) is 12.9. The van der Waals surface area contributed by atoms with Gasteiger partial charge in [-0.1, -0.05) is 0 Å². The van der Waals surface area contributed by atoms with E-state index in [9.17, 15) is 0 Å². The van der Waals surface area contributed by atoms with Gasteiger partial charge in [-0.15, -0.1) is 0 Å². The molecule has 0 unspecified atom stereocenters. The second-order valence-electron chi connectivity index (χ2n) is 2.63. The molecule has 4 nitrogen and oxygen atoms in total. The van der Waals surface area contributed by atoms with Gasteiger partial charge in [-0.3, -0.25) is 0 Å². The van der Waals surface area contributed by atoms with Crippen LogP contribution in [0.15, 0.2) is 12.1 Å². The van der Waals surface area contributed by atoms with Crippen LogP contribution in [0.25, 0.3) is 0 Å². The summed E-state index contributed by atoms with van der Waals surface area (Å²) in [5.74, 6) is 0.605. The van der Waals surface area contributed by atoms with Gasteiger partial charge in [0.25, 0.3) is 0 Å². The number of nitrogens with zero attached hydrogens (tertiary/aromatic N) is 1.